The van der Waals surface area contributed by atoms with E-state index in [1.54, 1.807) is 0 Å². The van der Waals surface area contributed by atoms with Crippen molar-refractivity contribution >= 4 is 15.9 Å². The van der Waals surface area contributed by atoms with E-state index in [4.69, 9.17) is 4.74 Å². The minimum absolute atomic E-state index is 0.155. The van der Waals surface area contributed by atoms with Gasteiger partial charge < -0.3 is 4.74 Å². The summed E-state index contributed by atoms with van der Waals surface area (Å²) in [6.45, 7) is 17.1. The lowest BCUT2D eigenvalue weighted by molar-refractivity contribution is -0.0795. The van der Waals surface area contributed by atoms with Crippen molar-refractivity contribution in [2.45, 2.75) is 106 Å². The number of hydrogen-bond acceptors (Lipinski definition) is 1. The molecule has 1 aromatic rings. The molecule has 1 aromatic carbocycles. The van der Waals surface area contributed by atoms with E-state index in [2.05, 4.69) is 82.6 Å². The van der Waals surface area contributed by atoms with Gasteiger partial charge in [-0.2, -0.15) is 0 Å². The van der Waals surface area contributed by atoms with Gasteiger partial charge in [0.15, 0.2) is 0 Å². The van der Waals surface area contributed by atoms with Crippen LogP contribution in [0, 0.1) is 17.8 Å². The Labute approximate surface area is 177 Å². The second-order valence-electron chi connectivity index (χ2n) is 9.66. The summed E-state index contributed by atoms with van der Waals surface area (Å²) in [7, 11) is 0. The molecule has 0 aliphatic carbocycles. The quantitative estimate of drug-likeness (QED) is 0.297. The molecule has 1 atom stereocenters. The third kappa shape index (κ3) is 7.89. The van der Waals surface area contributed by atoms with E-state index in [1.807, 2.05) is 0 Å². The first-order chi connectivity index (χ1) is 12.6. The van der Waals surface area contributed by atoms with Gasteiger partial charge in [-0.05, 0) is 47.8 Å². The Hall–Kier alpha value is -0.340. The molecule has 0 aromatic heterocycles. The fraction of sp³-hybridized carbons (Fsp3) is 0.760. The lowest BCUT2D eigenvalue weighted by Crippen LogP contribution is -2.42. The number of ether oxygens (including phenoxy) is 1. The molecule has 0 saturated heterocycles. The minimum Gasteiger partial charge on any atom is -0.377 e. The van der Waals surface area contributed by atoms with Crippen molar-refractivity contribution in [3.8, 4) is 0 Å². The van der Waals surface area contributed by atoms with Crippen molar-refractivity contribution < 1.29 is 4.74 Å². The Kier molecular flexibility index (Phi) is 10.6. The van der Waals surface area contributed by atoms with Crippen LogP contribution < -0.4 is 0 Å². The van der Waals surface area contributed by atoms with Crippen LogP contribution >= 0.6 is 15.9 Å². The van der Waals surface area contributed by atoms with Crippen LogP contribution in [0.4, 0.5) is 0 Å². The van der Waals surface area contributed by atoms with Crippen LogP contribution in [0.1, 0.15) is 97.6 Å². The largest absolute Gasteiger partial charge is 0.377 e. The molecule has 0 N–H and O–H groups in total. The summed E-state index contributed by atoms with van der Waals surface area (Å²) in [4.78, 5) is 0. The summed E-state index contributed by atoms with van der Waals surface area (Å²) in [6, 6.07) is 6.46. The summed E-state index contributed by atoms with van der Waals surface area (Å²) in [5.41, 5.74) is 3.11. The number of halogens is 1. The van der Waals surface area contributed by atoms with Crippen LogP contribution in [0.25, 0.3) is 0 Å². The van der Waals surface area contributed by atoms with Gasteiger partial charge in [0, 0.05) is 4.47 Å². The second-order valence-corrected chi connectivity index (χ2v) is 10.5. The van der Waals surface area contributed by atoms with Crippen molar-refractivity contribution in [3.63, 3.8) is 0 Å². The summed E-state index contributed by atoms with van der Waals surface area (Å²) in [6.07, 6.45) is 10.5. The number of unbranched alkanes of at least 4 members (excludes halogenated alkanes) is 5. The van der Waals surface area contributed by atoms with Gasteiger partial charge in [-0.3, -0.25) is 0 Å². The van der Waals surface area contributed by atoms with Crippen LogP contribution in [-0.2, 0) is 11.2 Å². The highest BCUT2D eigenvalue weighted by Crippen LogP contribution is 2.43. The minimum atomic E-state index is 0.155. The lowest BCUT2D eigenvalue weighted by Gasteiger charge is -2.45. The summed E-state index contributed by atoms with van der Waals surface area (Å²) in [5, 5.41) is 0. The molecule has 156 valence electrons. The third-order valence-electron chi connectivity index (χ3n) is 6.63. The highest BCUT2D eigenvalue weighted by molar-refractivity contribution is 9.10. The van der Waals surface area contributed by atoms with Gasteiger partial charge in [0.05, 0.1) is 12.7 Å². The highest BCUT2D eigenvalue weighted by Gasteiger charge is 2.40. The molecule has 0 aliphatic rings. The van der Waals surface area contributed by atoms with Crippen LogP contribution in [0.15, 0.2) is 22.7 Å². The number of benzene rings is 1. The Morgan fingerprint density at radius 1 is 0.963 bits per heavy atom. The molecule has 0 amide bonds. The van der Waals surface area contributed by atoms with Gasteiger partial charge in [-0.1, -0.05) is 108 Å². The molecular weight excluding hydrogens is 396 g/mol. The smallest absolute Gasteiger partial charge is 0.0631 e. The lowest BCUT2D eigenvalue weighted by atomic mass is 9.65. The summed E-state index contributed by atoms with van der Waals surface area (Å²) < 4.78 is 7.74. The monoisotopic (exact) mass is 438 g/mol. The molecule has 1 unspecified atom stereocenters. The molecule has 0 spiro atoms. The third-order valence-corrected chi connectivity index (χ3v) is 7.49. The fourth-order valence-electron chi connectivity index (χ4n) is 3.48. The van der Waals surface area contributed by atoms with Crippen LogP contribution in [0.5, 0.6) is 0 Å². The Balaban J connectivity index is 2.64. The Bertz CT molecular complexity index is 542. The maximum absolute atomic E-state index is 6.54. The van der Waals surface area contributed by atoms with Crippen LogP contribution in [0.3, 0.4) is 0 Å². The maximum Gasteiger partial charge on any atom is 0.0631 e. The van der Waals surface area contributed by atoms with E-state index >= 15 is 0 Å². The van der Waals surface area contributed by atoms with Crippen molar-refractivity contribution in [1.82, 2.24) is 0 Å². The molecule has 1 rings (SSSR count). The van der Waals surface area contributed by atoms with E-state index < -0.39 is 0 Å². The van der Waals surface area contributed by atoms with Crippen molar-refractivity contribution in [2.75, 3.05) is 6.61 Å². The molecule has 0 heterocycles. The first-order valence-corrected chi connectivity index (χ1v) is 11.8. The van der Waals surface area contributed by atoms with Crippen molar-refractivity contribution in [3.05, 3.63) is 33.8 Å². The molecular formula is C25H43BrO. The molecule has 27 heavy (non-hydrogen) atoms. The second kappa shape index (κ2) is 11.6. The van der Waals surface area contributed by atoms with Crippen molar-refractivity contribution in [1.29, 1.82) is 0 Å². The normalized spacial score (nSPS) is 13.8. The van der Waals surface area contributed by atoms with Crippen molar-refractivity contribution in [2.24, 2.45) is 10.8 Å². The molecule has 0 bridgehead atoms. The van der Waals surface area contributed by atoms with Gasteiger partial charge in [0.25, 0.3) is 0 Å². The van der Waals surface area contributed by atoms with Gasteiger partial charge >= 0.3 is 0 Å². The zero-order valence-electron chi connectivity index (χ0n) is 19.0. The average Bonchev–Trinajstić information content (AvgIpc) is 2.58. The molecule has 0 saturated carbocycles. The Morgan fingerprint density at radius 3 is 2.22 bits per heavy atom. The predicted octanol–water partition coefficient (Wildman–Crippen LogP) is 8.51. The molecule has 0 fully saturated rings. The number of hydrogen-bond donors (Lipinski definition) is 0. The van der Waals surface area contributed by atoms with Crippen LogP contribution in [0.2, 0.25) is 0 Å². The Morgan fingerprint density at radius 2 is 1.59 bits per heavy atom. The molecule has 1 nitrogen and oxygen atoms in total. The summed E-state index contributed by atoms with van der Waals surface area (Å²) in [5.74, 6) is 0. The van der Waals surface area contributed by atoms with E-state index in [9.17, 15) is 0 Å². The van der Waals surface area contributed by atoms with E-state index in [1.165, 1.54) is 60.5 Å². The zero-order valence-corrected chi connectivity index (χ0v) is 20.5. The zero-order chi connectivity index (χ0) is 20.5. The number of rotatable bonds is 12. The summed E-state index contributed by atoms with van der Waals surface area (Å²) >= 11 is 3.64. The van der Waals surface area contributed by atoms with Crippen LogP contribution in [-0.4, -0.2) is 12.7 Å². The SMILES string of the molecule is CCCCCCCCC(OCCc1cccc(Br)c1C)C(C)(C)C(C)(C)C. The standard InChI is InChI=1S/C25H43BrO/c1-8-9-10-11-12-13-17-23(25(6,7)24(3,4)5)27-19-18-21-15-14-16-22(26)20(21)2/h14-16,23H,8-13,17-19H2,1-7H3. The van der Waals surface area contributed by atoms with E-state index in [-0.39, 0.29) is 10.8 Å². The average molecular weight is 440 g/mol. The van der Waals surface area contributed by atoms with E-state index in [0.717, 1.165) is 13.0 Å². The van der Waals surface area contributed by atoms with Gasteiger partial charge in [0.1, 0.15) is 0 Å². The first-order valence-electron chi connectivity index (χ1n) is 11.0. The van der Waals surface area contributed by atoms with Gasteiger partial charge in [-0.15, -0.1) is 0 Å². The molecule has 2 heteroatoms. The molecule has 0 aliphatic heterocycles. The van der Waals surface area contributed by atoms with E-state index in [0.29, 0.717) is 6.10 Å². The fourth-order valence-corrected chi connectivity index (χ4v) is 3.89. The maximum atomic E-state index is 6.54. The predicted molar refractivity (Wildman–Crippen MR) is 124 cm³/mol. The van der Waals surface area contributed by atoms with Gasteiger partial charge in [-0.25, -0.2) is 0 Å². The molecule has 0 radical (unpaired) electrons. The topological polar surface area (TPSA) is 9.23 Å². The highest BCUT2D eigenvalue weighted by atomic mass is 79.9. The first kappa shape index (κ1) is 24.7. The van der Waals surface area contributed by atoms with Gasteiger partial charge in [0.2, 0.25) is 0 Å².